The number of fused-ring (bicyclic) bond motifs is 2. The SMILES string of the molecule is O=C(OC1C2CCC(C2)C1O)C(SOOO)(C(F)(F)F)C(F)(F)F. The summed E-state index contributed by atoms with van der Waals surface area (Å²) in [4.78, 5) is 11.8. The topological polar surface area (TPSA) is 85.2 Å². The van der Waals surface area contributed by atoms with Crippen LogP contribution in [-0.2, 0) is 18.9 Å². The number of esters is 1. The number of halogens is 6. The minimum absolute atomic E-state index is 0.330. The van der Waals surface area contributed by atoms with Crippen molar-refractivity contribution in [2.24, 2.45) is 11.8 Å². The molecular formula is C11H12F6O6S. The van der Waals surface area contributed by atoms with Crippen molar-refractivity contribution in [3.05, 3.63) is 0 Å². The molecule has 2 aliphatic rings. The predicted molar refractivity (Wildman–Crippen MR) is 63.9 cm³/mol. The second kappa shape index (κ2) is 6.52. The highest BCUT2D eigenvalue weighted by molar-refractivity contribution is 7.96. The van der Waals surface area contributed by atoms with E-state index in [-0.39, 0.29) is 5.92 Å². The van der Waals surface area contributed by atoms with Crippen molar-refractivity contribution in [2.75, 3.05) is 0 Å². The van der Waals surface area contributed by atoms with Crippen LogP contribution in [0.2, 0.25) is 0 Å². The second-order valence-corrected chi connectivity index (χ2v) is 6.51. The van der Waals surface area contributed by atoms with Gasteiger partial charge < -0.3 is 9.84 Å². The van der Waals surface area contributed by atoms with Gasteiger partial charge in [-0.25, -0.2) is 10.1 Å². The third-order valence-corrected chi connectivity index (χ3v) is 5.32. The lowest BCUT2D eigenvalue weighted by molar-refractivity contribution is -0.434. The molecule has 4 unspecified atom stereocenters. The summed E-state index contributed by atoms with van der Waals surface area (Å²) in [6.45, 7) is 0. The Balaban J connectivity index is 2.30. The number of hydrogen-bond acceptors (Lipinski definition) is 7. The molecule has 6 nitrogen and oxygen atoms in total. The smallest absolute Gasteiger partial charge is 0.425 e. The molecule has 0 heterocycles. The zero-order valence-electron chi connectivity index (χ0n) is 11.6. The van der Waals surface area contributed by atoms with Gasteiger partial charge in [-0.1, -0.05) is 5.04 Å². The zero-order chi connectivity index (χ0) is 18.3. The summed E-state index contributed by atoms with van der Waals surface area (Å²) in [7, 11) is 0. The third-order valence-electron chi connectivity index (χ3n) is 4.32. The van der Waals surface area contributed by atoms with Crippen LogP contribution in [0, 0.1) is 11.8 Å². The molecule has 0 amide bonds. The van der Waals surface area contributed by atoms with E-state index in [4.69, 9.17) is 5.26 Å². The van der Waals surface area contributed by atoms with E-state index >= 15 is 0 Å². The first-order valence-corrected chi connectivity index (χ1v) is 7.38. The van der Waals surface area contributed by atoms with Gasteiger partial charge in [-0.15, -0.1) is 4.33 Å². The van der Waals surface area contributed by atoms with E-state index in [0.717, 1.165) is 0 Å². The van der Waals surface area contributed by atoms with Crippen molar-refractivity contribution in [1.82, 2.24) is 0 Å². The average molecular weight is 386 g/mol. The maximum Gasteiger partial charge on any atom is 0.425 e. The van der Waals surface area contributed by atoms with Crippen LogP contribution in [0.25, 0.3) is 0 Å². The van der Waals surface area contributed by atoms with Crippen LogP contribution >= 0.6 is 12.0 Å². The summed E-state index contributed by atoms with van der Waals surface area (Å²) in [5, 5.41) is 20.5. The Hall–Kier alpha value is -0.760. The van der Waals surface area contributed by atoms with E-state index in [0.29, 0.717) is 19.3 Å². The summed E-state index contributed by atoms with van der Waals surface area (Å²) in [6.07, 6.45) is -13.8. The van der Waals surface area contributed by atoms with Crippen molar-refractivity contribution >= 4 is 18.0 Å². The summed E-state index contributed by atoms with van der Waals surface area (Å²) in [5.74, 6) is -3.53. The molecule has 0 aromatic carbocycles. The number of ether oxygens (including phenoxy) is 1. The average Bonchev–Trinajstić information content (AvgIpc) is 3.00. The molecule has 0 aromatic heterocycles. The minimum Gasteiger partial charge on any atom is -0.458 e. The number of alkyl halides is 6. The van der Waals surface area contributed by atoms with Gasteiger partial charge in [0.25, 0.3) is 0 Å². The fourth-order valence-corrected chi connectivity index (χ4v) is 3.61. The number of carbonyl (C=O) groups is 1. The Morgan fingerprint density at radius 3 is 2.00 bits per heavy atom. The van der Waals surface area contributed by atoms with Crippen molar-refractivity contribution in [1.29, 1.82) is 0 Å². The zero-order valence-corrected chi connectivity index (χ0v) is 12.5. The van der Waals surface area contributed by atoms with Crippen LogP contribution in [0.1, 0.15) is 19.3 Å². The van der Waals surface area contributed by atoms with E-state index < -0.39 is 53.2 Å². The first-order valence-electron chi connectivity index (χ1n) is 6.64. The lowest BCUT2D eigenvalue weighted by atomic mass is 9.94. The molecule has 140 valence electrons. The van der Waals surface area contributed by atoms with Crippen molar-refractivity contribution in [3.8, 4) is 0 Å². The van der Waals surface area contributed by atoms with Crippen molar-refractivity contribution < 1.29 is 55.6 Å². The molecule has 4 atom stereocenters. The van der Waals surface area contributed by atoms with E-state index in [9.17, 15) is 36.2 Å². The molecule has 0 aromatic rings. The van der Waals surface area contributed by atoms with E-state index in [1.165, 1.54) is 0 Å². The lowest BCUT2D eigenvalue weighted by Crippen LogP contribution is -2.61. The van der Waals surface area contributed by atoms with Gasteiger partial charge in [-0.05, 0) is 31.1 Å². The molecule has 2 bridgehead atoms. The Morgan fingerprint density at radius 2 is 1.58 bits per heavy atom. The number of carbonyl (C=O) groups excluding carboxylic acids is 1. The Morgan fingerprint density at radius 1 is 1.04 bits per heavy atom. The van der Waals surface area contributed by atoms with Crippen LogP contribution in [0.4, 0.5) is 26.3 Å². The highest BCUT2D eigenvalue weighted by Crippen LogP contribution is 2.54. The van der Waals surface area contributed by atoms with E-state index in [1.54, 1.807) is 0 Å². The molecule has 0 aliphatic heterocycles. The summed E-state index contributed by atoms with van der Waals surface area (Å²) >= 11 is -1.48. The number of aliphatic hydroxyl groups excluding tert-OH is 1. The largest absolute Gasteiger partial charge is 0.458 e. The highest BCUT2D eigenvalue weighted by atomic mass is 32.2. The summed E-state index contributed by atoms with van der Waals surface area (Å²) in [5.41, 5.74) is 0. The van der Waals surface area contributed by atoms with Gasteiger partial charge >= 0.3 is 23.1 Å². The lowest BCUT2D eigenvalue weighted by Gasteiger charge is -2.35. The number of aliphatic hydroxyl groups is 1. The molecule has 0 radical (unpaired) electrons. The monoisotopic (exact) mass is 386 g/mol. The van der Waals surface area contributed by atoms with Crippen LogP contribution in [0.5, 0.6) is 0 Å². The van der Waals surface area contributed by atoms with Crippen molar-refractivity contribution in [2.45, 2.75) is 48.6 Å². The Kier molecular flexibility index (Phi) is 5.31. The van der Waals surface area contributed by atoms with Crippen LogP contribution in [0.3, 0.4) is 0 Å². The molecule has 13 heteroatoms. The van der Waals surface area contributed by atoms with Crippen LogP contribution < -0.4 is 0 Å². The molecule has 2 saturated carbocycles. The van der Waals surface area contributed by atoms with Gasteiger partial charge in [0.05, 0.1) is 18.1 Å². The molecule has 2 N–H and O–H groups in total. The number of rotatable bonds is 5. The van der Waals surface area contributed by atoms with E-state index in [1.807, 2.05) is 0 Å². The molecule has 2 aliphatic carbocycles. The second-order valence-electron chi connectivity index (χ2n) is 5.60. The number of hydrogen-bond donors (Lipinski definition) is 2. The molecule has 2 rings (SSSR count). The molecule has 0 saturated heterocycles. The molecular weight excluding hydrogens is 374 g/mol. The summed E-state index contributed by atoms with van der Waals surface area (Å²) in [6, 6.07) is 0. The third kappa shape index (κ3) is 3.07. The van der Waals surface area contributed by atoms with Gasteiger partial charge in [-0.3, -0.25) is 0 Å². The van der Waals surface area contributed by atoms with E-state index in [2.05, 4.69) is 14.1 Å². The van der Waals surface area contributed by atoms with Crippen LogP contribution in [0.15, 0.2) is 0 Å². The first-order chi connectivity index (χ1) is 11.0. The fraction of sp³-hybridized carbons (Fsp3) is 0.909. The first kappa shape index (κ1) is 19.6. The van der Waals surface area contributed by atoms with Gasteiger partial charge in [0.1, 0.15) is 6.10 Å². The van der Waals surface area contributed by atoms with Crippen molar-refractivity contribution in [3.63, 3.8) is 0 Å². The summed E-state index contributed by atoms with van der Waals surface area (Å²) < 4.78 is 81.1. The Labute approximate surface area is 135 Å². The molecule has 2 fully saturated rings. The van der Waals surface area contributed by atoms with Gasteiger partial charge in [0.2, 0.25) is 0 Å². The molecule has 0 spiro atoms. The minimum atomic E-state index is -6.17. The predicted octanol–water partition coefficient (Wildman–Crippen LogP) is 2.62. The van der Waals surface area contributed by atoms with Gasteiger partial charge in [0, 0.05) is 0 Å². The standard InChI is InChI=1S/C11H12F6O6S/c12-10(13,14)9(11(15,16)17,24-23-22-20)8(19)21-7-5-2-1-4(3-5)6(7)18/h4-7,18,20H,1-3H2. The quantitative estimate of drug-likeness (QED) is 0.247. The highest BCUT2D eigenvalue weighted by Gasteiger charge is 2.79. The Bertz CT molecular complexity index is 467. The van der Waals surface area contributed by atoms with Crippen LogP contribution in [-0.4, -0.2) is 45.6 Å². The normalized spacial score (nSPS) is 30.7. The maximum atomic E-state index is 13.1. The molecule has 24 heavy (non-hydrogen) atoms. The fourth-order valence-electron chi connectivity index (χ4n) is 3.17. The van der Waals surface area contributed by atoms with Gasteiger partial charge in [0.15, 0.2) is 0 Å². The van der Waals surface area contributed by atoms with Gasteiger partial charge in [-0.2, -0.15) is 26.3 Å². The maximum absolute atomic E-state index is 13.1.